The number of carbonyl (C=O) groups excluding carboxylic acids is 2. The topological polar surface area (TPSA) is 76.0 Å². The van der Waals surface area contributed by atoms with E-state index in [0.29, 0.717) is 24.1 Å². The normalized spacial score (nSPS) is 16.5. The molecule has 1 aliphatic rings. The van der Waals surface area contributed by atoms with Crippen LogP contribution in [-0.2, 0) is 18.3 Å². The van der Waals surface area contributed by atoms with Crippen LogP contribution in [0.4, 0.5) is 5.69 Å². The van der Waals surface area contributed by atoms with Crippen molar-refractivity contribution in [1.29, 1.82) is 0 Å². The van der Waals surface area contributed by atoms with E-state index in [0.717, 1.165) is 29.2 Å². The predicted molar refractivity (Wildman–Crippen MR) is 105 cm³/mol. The lowest BCUT2D eigenvalue weighted by molar-refractivity contribution is -0.116. The average Bonchev–Trinajstić information content (AvgIpc) is 3.26. The first-order chi connectivity index (χ1) is 12.5. The summed E-state index contributed by atoms with van der Waals surface area (Å²) in [5.41, 5.74) is 3.22. The maximum atomic E-state index is 12.4. The molecule has 1 aromatic heterocycles. The number of nitrogens with zero attached hydrogens (tertiary/aromatic N) is 2. The van der Waals surface area contributed by atoms with E-state index in [1.807, 2.05) is 37.9 Å². The lowest BCUT2D eigenvalue weighted by Gasteiger charge is -2.14. The average molecular weight is 372 g/mol. The second kappa shape index (κ2) is 8.40. The summed E-state index contributed by atoms with van der Waals surface area (Å²) in [7, 11) is 1.86. The third kappa shape index (κ3) is 4.66. The molecule has 1 unspecified atom stereocenters. The monoisotopic (exact) mass is 372 g/mol. The smallest absolute Gasteiger partial charge is 0.251 e. The molecule has 1 aliphatic heterocycles. The Balaban J connectivity index is 1.60. The van der Waals surface area contributed by atoms with E-state index in [1.165, 1.54) is 0 Å². The number of hydrogen-bond acceptors (Lipinski definition) is 4. The summed E-state index contributed by atoms with van der Waals surface area (Å²) in [6.07, 6.45) is 3.73. The highest BCUT2D eigenvalue weighted by molar-refractivity contribution is 7.99. The molecule has 0 saturated carbocycles. The van der Waals surface area contributed by atoms with Crippen LogP contribution in [-0.4, -0.2) is 39.1 Å². The molecule has 0 bridgehead atoms. The third-order valence-corrected chi connectivity index (χ3v) is 5.73. The summed E-state index contributed by atoms with van der Waals surface area (Å²) in [4.78, 5) is 24.7. The van der Waals surface area contributed by atoms with Gasteiger partial charge in [0.25, 0.3) is 5.91 Å². The standard InChI is InChI=1S/C19H24N4O2S/c1-13-3-4-14(19(25)21-15-8-10-26-12-15)11-17(13)22-18(24)6-5-16-7-9-20-23(16)2/h3-4,7,9,11,15H,5-6,8,10,12H2,1-2H3,(H,21,25)(H,22,24). The van der Waals surface area contributed by atoms with Crippen LogP contribution in [0.1, 0.15) is 34.5 Å². The Morgan fingerprint density at radius 3 is 2.88 bits per heavy atom. The number of aryl methyl sites for hydroxylation is 3. The molecule has 1 saturated heterocycles. The van der Waals surface area contributed by atoms with Crippen molar-refractivity contribution in [2.75, 3.05) is 16.8 Å². The van der Waals surface area contributed by atoms with Crippen LogP contribution in [0.15, 0.2) is 30.5 Å². The highest BCUT2D eigenvalue weighted by Crippen LogP contribution is 2.20. The van der Waals surface area contributed by atoms with Gasteiger partial charge in [-0.1, -0.05) is 6.07 Å². The molecule has 0 aliphatic carbocycles. The number of hydrogen-bond donors (Lipinski definition) is 2. The number of carbonyl (C=O) groups is 2. The van der Waals surface area contributed by atoms with Crippen LogP contribution >= 0.6 is 11.8 Å². The number of thioether (sulfide) groups is 1. The van der Waals surface area contributed by atoms with Crippen molar-refractivity contribution in [3.05, 3.63) is 47.3 Å². The van der Waals surface area contributed by atoms with E-state index < -0.39 is 0 Å². The maximum Gasteiger partial charge on any atom is 0.251 e. The van der Waals surface area contributed by atoms with E-state index in [-0.39, 0.29) is 17.9 Å². The number of benzene rings is 1. The van der Waals surface area contributed by atoms with Gasteiger partial charge in [0, 0.05) is 48.4 Å². The van der Waals surface area contributed by atoms with Gasteiger partial charge in [0.05, 0.1) is 0 Å². The Bertz CT molecular complexity index is 797. The maximum absolute atomic E-state index is 12.4. The van der Waals surface area contributed by atoms with Gasteiger partial charge in [-0.05, 0) is 49.3 Å². The van der Waals surface area contributed by atoms with E-state index in [2.05, 4.69) is 15.7 Å². The summed E-state index contributed by atoms with van der Waals surface area (Å²) >= 11 is 1.86. The Kier molecular flexibility index (Phi) is 5.98. The highest BCUT2D eigenvalue weighted by Gasteiger charge is 2.19. The Hall–Kier alpha value is -2.28. The van der Waals surface area contributed by atoms with Crippen LogP contribution in [0.3, 0.4) is 0 Å². The van der Waals surface area contributed by atoms with Gasteiger partial charge in [-0.15, -0.1) is 0 Å². The number of anilines is 1. The van der Waals surface area contributed by atoms with Gasteiger partial charge in [-0.2, -0.15) is 16.9 Å². The first-order valence-corrected chi connectivity index (χ1v) is 9.94. The molecule has 0 spiro atoms. The van der Waals surface area contributed by atoms with Crippen LogP contribution in [0, 0.1) is 6.92 Å². The number of aromatic nitrogens is 2. The minimum Gasteiger partial charge on any atom is -0.348 e. The van der Waals surface area contributed by atoms with Gasteiger partial charge in [0.15, 0.2) is 0 Å². The second-order valence-electron chi connectivity index (χ2n) is 6.56. The Morgan fingerprint density at radius 2 is 2.19 bits per heavy atom. The van der Waals surface area contributed by atoms with Gasteiger partial charge < -0.3 is 10.6 Å². The minimum atomic E-state index is -0.0807. The first-order valence-electron chi connectivity index (χ1n) is 8.79. The SMILES string of the molecule is Cc1ccc(C(=O)NC2CCSC2)cc1NC(=O)CCc1ccnn1C. The predicted octanol–water partition coefficient (Wildman–Crippen LogP) is 2.54. The molecule has 3 rings (SSSR count). The number of amides is 2. The van der Waals surface area contributed by atoms with Crippen molar-refractivity contribution in [2.24, 2.45) is 7.05 Å². The third-order valence-electron chi connectivity index (χ3n) is 4.57. The van der Waals surface area contributed by atoms with Crippen LogP contribution in [0.2, 0.25) is 0 Å². The number of nitrogens with one attached hydrogen (secondary N) is 2. The van der Waals surface area contributed by atoms with Crippen molar-refractivity contribution in [2.45, 2.75) is 32.2 Å². The van der Waals surface area contributed by atoms with Gasteiger partial charge in [-0.25, -0.2) is 0 Å². The van der Waals surface area contributed by atoms with Crippen molar-refractivity contribution in [3.63, 3.8) is 0 Å². The van der Waals surface area contributed by atoms with Crippen molar-refractivity contribution < 1.29 is 9.59 Å². The lowest BCUT2D eigenvalue weighted by Crippen LogP contribution is -2.34. The fraction of sp³-hybridized carbons (Fsp3) is 0.421. The van der Waals surface area contributed by atoms with Crippen LogP contribution in [0.25, 0.3) is 0 Å². The lowest BCUT2D eigenvalue weighted by atomic mass is 10.1. The van der Waals surface area contributed by atoms with E-state index in [1.54, 1.807) is 23.0 Å². The van der Waals surface area contributed by atoms with Crippen molar-refractivity contribution in [3.8, 4) is 0 Å². The Labute approximate surface area is 157 Å². The molecule has 2 aromatic rings. The first kappa shape index (κ1) is 18.5. The quantitative estimate of drug-likeness (QED) is 0.817. The van der Waals surface area contributed by atoms with E-state index in [9.17, 15) is 9.59 Å². The summed E-state index contributed by atoms with van der Waals surface area (Å²) in [6, 6.07) is 7.58. The molecule has 1 atom stereocenters. The molecule has 7 heteroatoms. The van der Waals surface area contributed by atoms with Crippen LogP contribution < -0.4 is 10.6 Å². The van der Waals surface area contributed by atoms with Gasteiger partial charge in [-0.3, -0.25) is 14.3 Å². The van der Waals surface area contributed by atoms with E-state index in [4.69, 9.17) is 0 Å². The molecule has 1 fully saturated rings. The molecule has 6 nitrogen and oxygen atoms in total. The summed E-state index contributed by atoms with van der Waals surface area (Å²) in [6.45, 7) is 1.92. The number of rotatable bonds is 6. The molecule has 2 amide bonds. The molecule has 26 heavy (non-hydrogen) atoms. The van der Waals surface area contributed by atoms with Gasteiger partial charge >= 0.3 is 0 Å². The Morgan fingerprint density at radius 1 is 1.35 bits per heavy atom. The minimum absolute atomic E-state index is 0.0703. The fourth-order valence-corrected chi connectivity index (χ4v) is 4.07. The van der Waals surface area contributed by atoms with Crippen molar-refractivity contribution in [1.82, 2.24) is 15.1 Å². The summed E-state index contributed by atoms with van der Waals surface area (Å²) in [5, 5.41) is 10.1. The zero-order valence-corrected chi connectivity index (χ0v) is 15.9. The molecule has 2 heterocycles. The molecule has 0 radical (unpaired) electrons. The molecule has 2 N–H and O–H groups in total. The van der Waals surface area contributed by atoms with Gasteiger partial charge in [0.2, 0.25) is 5.91 Å². The zero-order valence-electron chi connectivity index (χ0n) is 15.1. The van der Waals surface area contributed by atoms with Crippen molar-refractivity contribution >= 4 is 29.3 Å². The highest BCUT2D eigenvalue weighted by atomic mass is 32.2. The largest absolute Gasteiger partial charge is 0.348 e. The van der Waals surface area contributed by atoms with Gasteiger partial charge in [0.1, 0.15) is 0 Å². The summed E-state index contributed by atoms with van der Waals surface area (Å²) < 4.78 is 1.77. The zero-order chi connectivity index (χ0) is 18.5. The molecular weight excluding hydrogens is 348 g/mol. The van der Waals surface area contributed by atoms with E-state index >= 15 is 0 Å². The molecule has 138 valence electrons. The molecule has 1 aromatic carbocycles. The summed E-state index contributed by atoms with van der Waals surface area (Å²) in [5.74, 6) is 1.91. The molecular formula is C19H24N4O2S. The second-order valence-corrected chi connectivity index (χ2v) is 7.71. The fourth-order valence-electron chi connectivity index (χ4n) is 2.92. The van der Waals surface area contributed by atoms with Crippen LogP contribution in [0.5, 0.6) is 0 Å².